The van der Waals surface area contributed by atoms with Crippen molar-refractivity contribution in [1.82, 2.24) is 0 Å². The summed E-state index contributed by atoms with van der Waals surface area (Å²) in [5, 5.41) is 8.47. The number of aliphatic carboxylic acids is 1. The number of hydrogen-bond donors (Lipinski definition) is 1. The zero-order chi connectivity index (χ0) is 10.4. The van der Waals surface area contributed by atoms with E-state index in [1.165, 1.54) is 6.92 Å². The Hall–Kier alpha value is -0.860. The van der Waals surface area contributed by atoms with Crippen molar-refractivity contribution in [2.45, 2.75) is 40.0 Å². The highest BCUT2D eigenvalue weighted by Crippen LogP contribution is 2.17. The summed E-state index contributed by atoms with van der Waals surface area (Å²) in [5.41, 5.74) is 0. The quantitative estimate of drug-likeness (QED) is 0.691. The van der Waals surface area contributed by atoms with E-state index < -0.39 is 5.97 Å². The summed E-state index contributed by atoms with van der Waals surface area (Å²) >= 11 is 0. The van der Waals surface area contributed by atoms with Gasteiger partial charge >= 0.3 is 5.97 Å². The zero-order valence-corrected chi connectivity index (χ0v) is 8.54. The van der Waals surface area contributed by atoms with Crippen molar-refractivity contribution >= 4 is 11.8 Å². The van der Waals surface area contributed by atoms with Crippen LogP contribution in [-0.2, 0) is 9.59 Å². The summed E-state index contributed by atoms with van der Waals surface area (Å²) in [6.07, 6.45) is 1.36. The first-order chi connectivity index (χ1) is 5.93. The van der Waals surface area contributed by atoms with Gasteiger partial charge in [-0.3, -0.25) is 9.59 Å². The van der Waals surface area contributed by atoms with Crippen LogP contribution in [-0.4, -0.2) is 16.9 Å². The van der Waals surface area contributed by atoms with E-state index in [9.17, 15) is 9.59 Å². The molecule has 0 heterocycles. The Bertz CT molecular complexity index is 185. The normalized spacial score (nSPS) is 12.9. The average Bonchev–Trinajstić information content (AvgIpc) is 1.96. The number of ketones is 1. The Morgan fingerprint density at radius 1 is 1.31 bits per heavy atom. The van der Waals surface area contributed by atoms with E-state index in [0.717, 1.165) is 6.42 Å². The van der Waals surface area contributed by atoms with Gasteiger partial charge in [0.05, 0.1) is 0 Å². The van der Waals surface area contributed by atoms with E-state index >= 15 is 0 Å². The molecule has 76 valence electrons. The lowest BCUT2D eigenvalue weighted by molar-refractivity contribution is -0.137. The minimum atomic E-state index is -0.824. The molecule has 0 fully saturated rings. The zero-order valence-electron chi connectivity index (χ0n) is 8.54. The van der Waals surface area contributed by atoms with Gasteiger partial charge in [-0.2, -0.15) is 0 Å². The Morgan fingerprint density at radius 3 is 2.15 bits per heavy atom. The lowest BCUT2D eigenvalue weighted by Gasteiger charge is -2.14. The van der Waals surface area contributed by atoms with Crippen LogP contribution in [0.4, 0.5) is 0 Å². The molecule has 0 aromatic rings. The minimum Gasteiger partial charge on any atom is -0.481 e. The molecule has 0 aliphatic rings. The molecule has 0 aromatic heterocycles. The van der Waals surface area contributed by atoms with Crippen LogP contribution in [0.2, 0.25) is 0 Å². The highest BCUT2D eigenvalue weighted by Gasteiger charge is 2.16. The molecular formula is C10H18O3. The maximum absolute atomic E-state index is 11.1. The van der Waals surface area contributed by atoms with Gasteiger partial charge in [0.2, 0.25) is 0 Å². The fourth-order valence-electron chi connectivity index (χ4n) is 1.35. The Balaban J connectivity index is 3.95. The van der Waals surface area contributed by atoms with Gasteiger partial charge in [-0.15, -0.1) is 0 Å². The predicted octanol–water partition coefficient (Wildman–Crippen LogP) is 2.10. The van der Waals surface area contributed by atoms with Gasteiger partial charge < -0.3 is 5.11 Å². The van der Waals surface area contributed by atoms with E-state index in [1.807, 2.05) is 13.8 Å². The Labute approximate surface area is 79.1 Å². The van der Waals surface area contributed by atoms with Gasteiger partial charge in [0.1, 0.15) is 5.78 Å². The molecule has 0 amide bonds. The molecule has 0 aliphatic heterocycles. The van der Waals surface area contributed by atoms with Gasteiger partial charge in [-0.25, -0.2) is 0 Å². The summed E-state index contributed by atoms with van der Waals surface area (Å²) < 4.78 is 0. The minimum absolute atomic E-state index is 0.0731. The first-order valence-electron chi connectivity index (χ1n) is 4.65. The molecule has 3 nitrogen and oxygen atoms in total. The van der Waals surface area contributed by atoms with Gasteiger partial charge in [0.15, 0.2) is 0 Å². The first kappa shape index (κ1) is 12.1. The van der Waals surface area contributed by atoms with Gasteiger partial charge in [-0.05, 0) is 25.7 Å². The second-order valence-electron chi connectivity index (χ2n) is 3.87. The molecule has 0 saturated heterocycles. The van der Waals surface area contributed by atoms with Crippen LogP contribution in [0.5, 0.6) is 0 Å². The van der Waals surface area contributed by atoms with Crippen molar-refractivity contribution in [3.05, 3.63) is 0 Å². The topological polar surface area (TPSA) is 54.4 Å². The fraction of sp³-hybridized carbons (Fsp3) is 0.800. The van der Waals surface area contributed by atoms with Gasteiger partial charge in [0.25, 0.3) is 0 Å². The largest absolute Gasteiger partial charge is 0.481 e. The van der Waals surface area contributed by atoms with Crippen LogP contribution < -0.4 is 0 Å². The molecule has 0 radical (unpaired) electrons. The number of carbonyl (C=O) groups excluding carboxylic acids is 1. The number of rotatable bonds is 6. The molecule has 0 rings (SSSR count). The molecule has 0 saturated carbocycles. The standard InChI is InChI=1S/C10H18O3/c1-7(2)6-9(8(3)11)4-5-10(12)13/h7,9H,4-6H2,1-3H3,(H,12,13). The lowest BCUT2D eigenvalue weighted by Crippen LogP contribution is -2.15. The summed E-state index contributed by atoms with van der Waals surface area (Å²) in [4.78, 5) is 21.4. The predicted molar refractivity (Wildman–Crippen MR) is 50.5 cm³/mol. The molecule has 1 N–H and O–H groups in total. The van der Waals surface area contributed by atoms with Crippen molar-refractivity contribution < 1.29 is 14.7 Å². The van der Waals surface area contributed by atoms with E-state index in [1.54, 1.807) is 0 Å². The molecule has 0 aliphatic carbocycles. The van der Waals surface area contributed by atoms with E-state index in [-0.39, 0.29) is 18.1 Å². The third-order valence-electron chi connectivity index (χ3n) is 2.04. The van der Waals surface area contributed by atoms with Crippen LogP contribution in [0, 0.1) is 11.8 Å². The SMILES string of the molecule is CC(=O)C(CCC(=O)O)CC(C)C. The molecular weight excluding hydrogens is 168 g/mol. The van der Waals surface area contributed by atoms with Crippen LogP contribution in [0.15, 0.2) is 0 Å². The van der Waals surface area contributed by atoms with Gasteiger partial charge in [-0.1, -0.05) is 13.8 Å². The van der Waals surface area contributed by atoms with Crippen molar-refractivity contribution in [2.24, 2.45) is 11.8 Å². The van der Waals surface area contributed by atoms with Crippen molar-refractivity contribution in [1.29, 1.82) is 0 Å². The highest BCUT2D eigenvalue weighted by molar-refractivity contribution is 5.79. The maximum atomic E-state index is 11.1. The molecule has 0 aromatic carbocycles. The Morgan fingerprint density at radius 2 is 1.85 bits per heavy atom. The fourth-order valence-corrected chi connectivity index (χ4v) is 1.35. The highest BCUT2D eigenvalue weighted by atomic mass is 16.4. The molecule has 13 heavy (non-hydrogen) atoms. The number of Topliss-reactive ketones (excluding diaryl/α,β-unsaturated/α-hetero) is 1. The number of carbonyl (C=O) groups is 2. The first-order valence-corrected chi connectivity index (χ1v) is 4.65. The third kappa shape index (κ3) is 6.31. The van der Waals surface area contributed by atoms with Crippen molar-refractivity contribution in [2.75, 3.05) is 0 Å². The second kappa shape index (κ2) is 5.73. The number of carboxylic acids is 1. The summed E-state index contributed by atoms with van der Waals surface area (Å²) in [5.74, 6) is -0.344. The van der Waals surface area contributed by atoms with Crippen LogP contribution in [0.25, 0.3) is 0 Å². The second-order valence-corrected chi connectivity index (χ2v) is 3.87. The van der Waals surface area contributed by atoms with E-state index in [4.69, 9.17) is 5.11 Å². The average molecular weight is 186 g/mol. The van der Waals surface area contributed by atoms with Crippen molar-refractivity contribution in [3.63, 3.8) is 0 Å². The molecule has 3 heteroatoms. The molecule has 1 atom stereocenters. The van der Waals surface area contributed by atoms with E-state index in [0.29, 0.717) is 12.3 Å². The molecule has 1 unspecified atom stereocenters. The molecule has 0 bridgehead atoms. The molecule has 0 spiro atoms. The van der Waals surface area contributed by atoms with Crippen LogP contribution in [0.1, 0.15) is 40.0 Å². The number of hydrogen-bond acceptors (Lipinski definition) is 2. The van der Waals surface area contributed by atoms with Crippen molar-refractivity contribution in [3.8, 4) is 0 Å². The maximum Gasteiger partial charge on any atom is 0.303 e. The van der Waals surface area contributed by atoms with E-state index in [2.05, 4.69) is 0 Å². The van der Waals surface area contributed by atoms with Crippen LogP contribution >= 0.6 is 0 Å². The Kier molecular flexibility index (Phi) is 5.35. The van der Waals surface area contributed by atoms with Crippen LogP contribution in [0.3, 0.4) is 0 Å². The van der Waals surface area contributed by atoms with Gasteiger partial charge in [0, 0.05) is 12.3 Å². The summed E-state index contributed by atoms with van der Waals surface area (Å²) in [7, 11) is 0. The smallest absolute Gasteiger partial charge is 0.303 e. The summed E-state index contributed by atoms with van der Waals surface area (Å²) in [6.45, 7) is 5.61. The lowest BCUT2D eigenvalue weighted by atomic mass is 9.90. The summed E-state index contributed by atoms with van der Waals surface area (Å²) in [6, 6.07) is 0. The third-order valence-corrected chi connectivity index (χ3v) is 2.04. The monoisotopic (exact) mass is 186 g/mol. The number of carboxylic acid groups (broad SMARTS) is 1.